The van der Waals surface area contributed by atoms with Gasteiger partial charge in [-0.05, 0) is 105 Å². The van der Waals surface area contributed by atoms with Crippen molar-refractivity contribution in [1.82, 2.24) is 0 Å². The number of rotatable bonds is 0. The van der Waals surface area contributed by atoms with Gasteiger partial charge in [-0.1, -0.05) is 36.5 Å². The molecular formula is C24H18. The topological polar surface area (TPSA) is 0 Å². The highest BCUT2D eigenvalue weighted by molar-refractivity contribution is 5.98. The van der Waals surface area contributed by atoms with Crippen molar-refractivity contribution < 1.29 is 0 Å². The molecule has 0 atom stereocenters. The van der Waals surface area contributed by atoms with Crippen LogP contribution in [-0.4, -0.2) is 0 Å². The SMILES string of the molecule is C1=CC2=C(C1)c1c(c3c(c4c1CC1=C4CC=C1)CC1=C3CC=C1)C2. The van der Waals surface area contributed by atoms with E-state index in [2.05, 4.69) is 36.5 Å². The first-order valence-corrected chi connectivity index (χ1v) is 9.27. The first-order chi connectivity index (χ1) is 11.9. The summed E-state index contributed by atoms with van der Waals surface area (Å²) in [7, 11) is 0. The van der Waals surface area contributed by atoms with E-state index in [-0.39, 0.29) is 0 Å². The van der Waals surface area contributed by atoms with Crippen LogP contribution < -0.4 is 0 Å². The maximum Gasteiger partial charge on any atom is -0.00105 e. The van der Waals surface area contributed by atoms with E-state index in [1.807, 2.05) is 0 Å². The smallest absolute Gasteiger partial charge is 0.00105 e. The summed E-state index contributed by atoms with van der Waals surface area (Å²) in [6.45, 7) is 0. The van der Waals surface area contributed by atoms with Gasteiger partial charge < -0.3 is 0 Å². The minimum absolute atomic E-state index is 1.15. The van der Waals surface area contributed by atoms with Gasteiger partial charge in [0, 0.05) is 0 Å². The van der Waals surface area contributed by atoms with Crippen LogP contribution in [0.2, 0.25) is 0 Å². The van der Waals surface area contributed by atoms with Gasteiger partial charge >= 0.3 is 0 Å². The van der Waals surface area contributed by atoms with Crippen molar-refractivity contribution in [3.05, 3.63) is 86.6 Å². The summed E-state index contributed by atoms with van der Waals surface area (Å²) in [4.78, 5) is 0. The zero-order valence-corrected chi connectivity index (χ0v) is 13.7. The van der Waals surface area contributed by atoms with Crippen LogP contribution in [0.25, 0.3) is 16.7 Å². The molecule has 0 N–H and O–H groups in total. The van der Waals surface area contributed by atoms with Gasteiger partial charge in [-0.3, -0.25) is 0 Å². The fourth-order valence-electron chi connectivity index (χ4n) is 6.05. The predicted octanol–water partition coefficient (Wildman–Crippen LogP) is 5.50. The Kier molecular flexibility index (Phi) is 1.93. The van der Waals surface area contributed by atoms with E-state index in [0.717, 1.165) is 19.3 Å². The van der Waals surface area contributed by atoms with Crippen molar-refractivity contribution in [2.75, 3.05) is 0 Å². The summed E-state index contributed by atoms with van der Waals surface area (Å²) >= 11 is 0. The zero-order valence-electron chi connectivity index (χ0n) is 13.7. The van der Waals surface area contributed by atoms with E-state index in [4.69, 9.17) is 0 Å². The number of fused-ring (bicyclic) bond motifs is 9. The van der Waals surface area contributed by atoms with Gasteiger partial charge in [0.2, 0.25) is 0 Å². The molecule has 0 radical (unpaired) electrons. The van der Waals surface area contributed by atoms with Crippen molar-refractivity contribution in [3.8, 4) is 0 Å². The molecule has 0 aromatic heterocycles. The molecule has 6 aliphatic rings. The number of hydrogen-bond acceptors (Lipinski definition) is 0. The standard InChI is InChI=1S/C24H18/c1-4-13-10-19-22(16(13)7-1)20-11-14-5-2-9-18(14)24(20)21-12-15-6-3-8-17(15)23(19)21/h1-6H,7-12H2. The Labute approximate surface area is 142 Å². The molecule has 0 spiro atoms. The van der Waals surface area contributed by atoms with Crippen molar-refractivity contribution in [1.29, 1.82) is 0 Å². The van der Waals surface area contributed by atoms with Crippen LogP contribution in [0.3, 0.4) is 0 Å². The zero-order chi connectivity index (χ0) is 15.4. The third-order valence-corrected chi connectivity index (χ3v) is 6.90. The van der Waals surface area contributed by atoms with Gasteiger partial charge in [-0.2, -0.15) is 0 Å². The maximum absolute atomic E-state index is 2.39. The lowest BCUT2D eigenvalue weighted by atomic mass is 9.83. The molecule has 0 aliphatic heterocycles. The highest BCUT2D eigenvalue weighted by atomic mass is 14.4. The highest BCUT2D eigenvalue weighted by Crippen LogP contribution is 2.56. The summed E-state index contributed by atoms with van der Waals surface area (Å²) in [6.07, 6.45) is 21.2. The van der Waals surface area contributed by atoms with Gasteiger partial charge in [-0.25, -0.2) is 0 Å². The second-order valence-electron chi connectivity index (χ2n) is 7.92. The molecule has 1 aromatic rings. The summed E-state index contributed by atoms with van der Waals surface area (Å²) < 4.78 is 0. The molecule has 1 aromatic carbocycles. The summed E-state index contributed by atoms with van der Waals surface area (Å²) in [5.74, 6) is 0. The Balaban J connectivity index is 1.59. The number of allylic oxidation sites excluding steroid dienone is 12. The lowest BCUT2D eigenvalue weighted by molar-refractivity contribution is 1.12. The third-order valence-electron chi connectivity index (χ3n) is 6.90. The van der Waals surface area contributed by atoms with E-state index in [1.54, 1.807) is 66.8 Å². The van der Waals surface area contributed by atoms with Gasteiger partial charge in [0.15, 0.2) is 0 Å². The predicted molar refractivity (Wildman–Crippen MR) is 99.6 cm³/mol. The van der Waals surface area contributed by atoms with E-state index in [0.29, 0.717) is 0 Å². The molecule has 0 fully saturated rings. The van der Waals surface area contributed by atoms with E-state index < -0.39 is 0 Å². The van der Waals surface area contributed by atoms with Crippen molar-refractivity contribution in [2.24, 2.45) is 0 Å². The second kappa shape index (κ2) is 3.83. The fourth-order valence-corrected chi connectivity index (χ4v) is 6.05. The molecule has 0 nitrogen and oxygen atoms in total. The van der Waals surface area contributed by atoms with Crippen molar-refractivity contribution in [3.63, 3.8) is 0 Å². The van der Waals surface area contributed by atoms with Crippen LogP contribution >= 0.6 is 0 Å². The monoisotopic (exact) mass is 306 g/mol. The summed E-state index contributed by atoms with van der Waals surface area (Å²) in [5, 5.41) is 0. The first kappa shape index (κ1) is 12.1. The number of hydrogen-bond donors (Lipinski definition) is 0. The fraction of sp³-hybridized carbons (Fsp3) is 0.250. The second-order valence-corrected chi connectivity index (χ2v) is 7.92. The average molecular weight is 306 g/mol. The van der Waals surface area contributed by atoms with Crippen LogP contribution in [0, 0.1) is 0 Å². The molecular weight excluding hydrogens is 288 g/mol. The summed E-state index contributed by atoms with van der Waals surface area (Å²) in [6, 6.07) is 0. The van der Waals surface area contributed by atoms with Crippen LogP contribution in [0.4, 0.5) is 0 Å². The Hall–Kier alpha value is -2.34. The molecule has 0 heteroatoms. The summed E-state index contributed by atoms with van der Waals surface area (Å²) in [5.41, 5.74) is 19.8. The Morgan fingerprint density at radius 3 is 1.12 bits per heavy atom. The molecule has 0 saturated carbocycles. The first-order valence-electron chi connectivity index (χ1n) is 9.27. The number of benzene rings is 1. The van der Waals surface area contributed by atoms with Crippen LogP contribution in [0.15, 0.2) is 53.2 Å². The van der Waals surface area contributed by atoms with Crippen LogP contribution in [0.1, 0.15) is 52.6 Å². The molecule has 0 bridgehead atoms. The Morgan fingerprint density at radius 1 is 0.458 bits per heavy atom. The molecule has 114 valence electrons. The molecule has 7 rings (SSSR count). The van der Waals surface area contributed by atoms with E-state index in [1.165, 1.54) is 19.3 Å². The van der Waals surface area contributed by atoms with Gasteiger partial charge in [0.1, 0.15) is 0 Å². The third kappa shape index (κ3) is 1.20. The van der Waals surface area contributed by atoms with Gasteiger partial charge in [-0.15, -0.1) is 0 Å². The molecule has 0 unspecified atom stereocenters. The minimum Gasteiger partial charge on any atom is -0.0798 e. The van der Waals surface area contributed by atoms with Gasteiger partial charge in [0.05, 0.1) is 0 Å². The van der Waals surface area contributed by atoms with Crippen molar-refractivity contribution in [2.45, 2.75) is 38.5 Å². The largest absolute Gasteiger partial charge is 0.0798 e. The molecule has 0 amide bonds. The van der Waals surface area contributed by atoms with Crippen LogP contribution in [0.5, 0.6) is 0 Å². The molecule has 6 aliphatic carbocycles. The molecule has 0 heterocycles. The van der Waals surface area contributed by atoms with Crippen molar-refractivity contribution >= 4 is 16.7 Å². The molecule has 0 saturated heterocycles. The maximum atomic E-state index is 2.39. The highest BCUT2D eigenvalue weighted by Gasteiger charge is 2.39. The lowest BCUT2D eigenvalue weighted by Crippen LogP contribution is -2.05. The van der Waals surface area contributed by atoms with Crippen LogP contribution in [-0.2, 0) is 19.3 Å². The normalized spacial score (nSPS) is 23.5. The quantitative estimate of drug-likeness (QED) is 0.594. The average Bonchev–Trinajstić information content (AvgIpc) is 3.32. The lowest BCUT2D eigenvalue weighted by Gasteiger charge is -2.20. The molecule has 24 heavy (non-hydrogen) atoms. The van der Waals surface area contributed by atoms with E-state index >= 15 is 0 Å². The Bertz CT molecular complexity index is 914. The van der Waals surface area contributed by atoms with Gasteiger partial charge in [0.25, 0.3) is 0 Å². The Morgan fingerprint density at radius 2 is 0.792 bits per heavy atom. The van der Waals surface area contributed by atoms with E-state index in [9.17, 15) is 0 Å². The minimum atomic E-state index is 1.15.